The Morgan fingerprint density at radius 2 is 2.04 bits per heavy atom. The molecule has 8 heteroatoms. The first-order valence-electron chi connectivity index (χ1n) is 7.98. The van der Waals surface area contributed by atoms with Gasteiger partial charge in [0.25, 0.3) is 0 Å². The Balaban J connectivity index is 1.86. The van der Waals surface area contributed by atoms with E-state index in [9.17, 15) is 4.79 Å². The van der Waals surface area contributed by atoms with Crippen LogP contribution in [0.4, 0.5) is 0 Å². The van der Waals surface area contributed by atoms with Gasteiger partial charge in [0.2, 0.25) is 5.91 Å². The van der Waals surface area contributed by atoms with Gasteiger partial charge in [-0.05, 0) is 25.3 Å². The summed E-state index contributed by atoms with van der Waals surface area (Å²) < 4.78 is 1.70. The second-order valence-electron chi connectivity index (χ2n) is 6.26. The summed E-state index contributed by atoms with van der Waals surface area (Å²) in [4.78, 5) is 12.1. The Kier molecular flexibility index (Phi) is 7.19. The highest BCUT2D eigenvalue weighted by Gasteiger charge is 2.13. The molecule has 0 aliphatic rings. The quantitative estimate of drug-likeness (QED) is 0.678. The number of carbonyl (C=O) groups excluding carboxylic acids is 1. The maximum Gasteiger partial charge on any atom is 0.230 e. The summed E-state index contributed by atoms with van der Waals surface area (Å²) in [6, 6.07) is 1.79. The summed E-state index contributed by atoms with van der Waals surface area (Å²) in [5.74, 6) is 0.963. The molecule has 0 fully saturated rings. The molecule has 2 heterocycles. The molecule has 0 spiro atoms. The van der Waals surface area contributed by atoms with Crippen LogP contribution in [0, 0.1) is 5.92 Å². The summed E-state index contributed by atoms with van der Waals surface area (Å²) in [7, 11) is 0. The standard InChI is InChI=1S/C16H22Cl2N4OS/c1-10(2)5-4-6-11(3)19-14(23)9-24-16-21-20-15-13(18)7-12(17)8-22(15)16/h7-8,10-11H,4-6,9H2,1-3H3,(H,19,23)/t11-/m0/s1. The first-order chi connectivity index (χ1) is 11.4. The van der Waals surface area contributed by atoms with Crippen LogP contribution < -0.4 is 5.32 Å². The summed E-state index contributed by atoms with van der Waals surface area (Å²) >= 11 is 13.4. The first kappa shape index (κ1) is 19.3. The molecule has 0 aromatic carbocycles. The molecule has 0 aliphatic carbocycles. The number of pyridine rings is 1. The zero-order valence-corrected chi connectivity index (χ0v) is 16.4. The smallest absolute Gasteiger partial charge is 0.230 e. The number of rotatable bonds is 8. The van der Waals surface area contributed by atoms with Gasteiger partial charge in [0.15, 0.2) is 10.8 Å². The van der Waals surface area contributed by atoms with Crippen LogP contribution in [0.2, 0.25) is 10.0 Å². The van der Waals surface area contributed by atoms with Gasteiger partial charge in [-0.15, -0.1) is 10.2 Å². The zero-order chi connectivity index (χ0) is 17.7. The van der Waals surface area contributed by atoms with E-state index >= 15 is 0 Å². The van der Waals surface area contributed by atoms with Gasteiger partial charge in [-0.3, -0.25) is 9.20 Å². The summed E-state index contributed by atoms with van der Waals surface area (Å²) in [6.45, 7) is 6.46. The van der Waals surface area contributed by atoms with E-state index in [1.165, 1.54) is 18.2 Å². The van der Waals surface area contributed by atoms with Crippen LogP contribution in [0.3, 0.4) is 0 Å². The molecule has 1 atom stereocenters. The predicted octanol–water partition coefficient (Wildman–Crippen LogP) is 4.46. The van der Waals surface area contributed by atoms with Crippen LogP contribution in [-0.2, 0) is 4.79 Å². The summed E-state index contributed by atoms with van der Waals surface area (Å²) in [6.07, 6.45) is 4.99. The molecular formula is C16H22Cl2N4OS. The summed E-state index contributed by atoms with van der Waals surface area (Å²) in [5.41, 5.74) is 0.533. The Morgan fingerprint density at radius 3 is 2.75 bits per heavy atom. The van der Waals surface area contributed by atoms with Crippen molar-refractivity contribution >= 4 is 46.5 Å². The van der Waals surface area contributed by atoms with Crippen molar-refractivity contribution in [3.05, 3.63) is 22.3 Å². The third-order valence-electron chi connectivity index (χ3n) is 3.55. The number of hydrogen-bond donors (Lipinski definition) is 1. The Morgan fingerprint density at radius 1 is 1.29 bits per heavy atom. The van der Waals surface area contributed by atoms with Crippen LogP contribution >= 0.6 is 35.0 Å². The van der Waals surface area contributed by atoms with Crippen LogP contribution in [0.15, 0.2) is 17.4 Å². The lowest BCUT2D eigenvalue weighted by molar-refractivity contribution is -0.119. The zero-order valence-electron chi connectivity index (χ0n) is 14.1. The molecule has 1 amide bonds. The number of fused-ring (bicyclic) bond motifs is 1. The largest absolute Gasteiger partial charge is 0.353 e. The Hall–Kier alpha value is -0.980. The van der Waals surface area contributed by atoms with Gasteiger partial charge >= 0.3 is 0 Å². The highest BCUT2D eigenvalue weighted by Crippen LogP contribution is 2.25. The minimum absolute atomic E-state index is 0.0121. The number of carbonyl (C=O) groups is 1. The highest BCUT2D eigenvalue weighted by atomic mass is 35.5. The van der Waals surface area contributed by atoms with Gasteiger partial charge in [-0.1, -0.05) is 61.7 Å². The molecule has 5 nitrogen and oxygen atoms in total. The topological polar surface area (TPSA) is 59.3 Å². The lowest BCUT2D eigenvalue weighted by atomic mass is 10.0. The molecule has 132 valence electrons. The highest BCUT2D eigenvalue weighted by molar-refractivity contribution is 7.99. The van der Waals surface area contributed by atoms with E-state index in [-0.39, 0.29) is 17.7 Å². The average molecular weight is 389 g/mol. The fraction of sp³-hybridized carbons (Fsp3) is 0.562. The van der Waals surface area contributed by atoms with Crippen molar-refractivity contribution in [1.29, 1.82) is 0 Å². The van der Waals surface area contributed by atoms with Crippen molar-refractivity contribution in [3.63, 3.8) is 0 Å². The third kappa shape index (κ3) is 5.53. The Labute approximate surface area is 156 Å². The number of nitrogens with one attached hydrogen (secondary N) is 1. The minimum Gasteiger partial charge on any atom is -0.353 e. The maximum atomic E-state index is 12.1. The number of halogens is 2. The Bertz CT molecular complexity index is 705. The van der Waals surface area contributed by atoms with Gasteiger partial charge in [0.05, 0.1) is 15.8 Å². The number of hydrogen-bond acceptors (Lipinski definition) is 4. The van der Waals surface area contributed by atoms with Gasteiger partial charge in [0.1, 0.15) is 0 Å². The van der Waals surface area contributed by atoms with E-state index in [0.717, 1.165) is 12.8 Å². The van der Waals surface area contributed by atoms with E-state index in [0.29, 0.717) is 26.8 Å². The number of nitrogens with zero attached hydrogens (tertiary/aromatic N) is 3. The van der Waals surface area contributed by atoms with Gasteiger partial charge in [-0.2, -0.15) is 0 Å². The van der Waals surface area contributed by atoms with Crippen molar-refractivity contribution in [2.45, 2.75) is 51.2 Å². The molecule has 0 radical (unpaired) electrons. The van der Waals surface area contributed by atoms with Crippen LogP contribution in [0.25, 0.3) is 5.65 Å². The normalized spacial score (nSPS) is 12.8. The van der Waals surface area contributed by atoms with E-state index in [2.05, 4.69) is 29.4 Å². The number of amides is 1. The lowest BCUT2D eigenvalue weighted by Gasteiger charge is -2.14. The fourth-order valence-corrected chi connectivity index (χ4v) is 3.58. The van der Waals surface area contributed by atoms with Crippen molar-refractivity contribution in [2.75, 3.05) is 5.75 Å². The molecule has 0 bridgehead atoms. The molecular weight excluding hydrogens is 367 g/mol. The fourth-order valence-electron chi connectivity index (χ4n) is 2.35. The molecule has 24 heavy (non-hydrogen) atoms. The maximum absolute atomic E-state index is 12.1. The van der Waals surface area contributed by atoms with Crippen molar-refractivity contribution < 1.29 is 4.79 Å². The van der Waals surface area contributed by atoms with Crippen molar-refractivity contribution in [2.24, 2.45) is 5.92 Å². The monoisotopic (exact) mass is 388 g/mol. The summed E-state index contributed by atoms with van der Waals surface area (Å²) in [5, 5.41) is 12.6. The molecule has 2 aromatic rings. The predicted molar refractivity (Wildman–Crippen MR) is 100 cm³/mol. The molecule has 0 saturated heterocycles. The second kappa shape index (κ2) is 8.92. The van der Waals surface area contributed by atoms with E-state index in [4.69, 9.17) is 23.2 Å². The average Bonchev–Trinajstić information content (AvgIpc) is 2.87. The van der Waals surface area contributed by atoms with Gasteiger partial charge in [0, 0.05) is 12.2 Å². The molecule has 1 N–H and O–H groups in total. The minimum atomic E-state index is -0.0121. The van der Waals surface area contributed by atoms with Gasteiger partial charge < -0.3 is 5.32 Å². The molecule has 2 aromatic heterocycles. The van der Waals surface area contributed by atoms with Gasteiger partial charge in [-0.25, -0.2) is 0 Å². The van der Waals surface area contributed by atoms with E-state index in [1.54, 1.807) is 16.7 Å². The van der Waals surface area contributed by atoms with Crippen LogP contribution in [-0.4, -0.2) is 32.3 Å². The second-order valence-corrected chi connectivity index (χ2v) is 8.05. The number of thioether (sulfide) groups is 1. The molecule has 2 rings (SSSR count). The lowest BCUT2D eigenvalue weighted by Crippen LogP contribution is -2.33. The van der Waals surface area contributed by atoms with E-state index < -0.39 is 0 Å². The first-order valence-corrected chi connectivity index (χ1v) is 9.73. The van der Waals surface area contributed by atoms with E-state index in [1.807, 2.05) is 6.92 Å². The van der Waals surface area contributed by atoms with Crippen molar-refractivity contribution in [1.82, 2.24) is 19.9 Å². The van der Waals surface area contributed by atoms with Crippen LogP contribution in [0.5, 0.6) is 0 Å². The number of aromatic nitrogens is 3. The molecule has 0 aliphatic heterocycles. The van der Waals surface area contributed by atoms with Crippen LogP contribution in [0.1, 0.15) is 40.0 Å². The van der Waals surface area contributed by atoms with Crippen molar-refractivity contribution in [3.8, 4) is 0 Å². The SMILES string of the molecule is CC(C)CCC[C@H](C)NC(=O)CSc1nnc2c(Cl)cc(Cl)cn12. The molecule has 0 saturated carbocycles. The molecule has 0 unspecified atom stereocenters. The third-order valence-corrected chi connectivity index (χ3v) is 4.98.